The molecule has 2 heterocycles. The fraction of sp³-hybridized carbons (Fsp3) is 0.188. The Bertz CT molecular complexity index is 816. The lowest BCUT2D eigenvalue weighted by atomic mass is 10.0. The Kier molecular flexibility index (Phi) is 3.32. The van der Waals surface area contributed by atoms with Gasteiger partial charge in [0.05, 0.1) is 11.2 Å². The van der Waals surface area contributed by atoms with Crippen LogP contribution in [0.4, 0.5) is 0 Å². The molecule has 3 rings (SSSR count). The van der Waals surface area contributed by atoms with E-state index in [9.17, 15) is 0 Å². The molecular formula is C16H15N3S. The van der Waals surface area contributed by atoms with Crippen LogP contribution in [0.2, 0.25) is 0 Å². The van der Waals surface area contributed by atoms with Crippen LogP contribution in [0.25, 0.3) is 22.2 Å². The molecule has 3 nitrogen and oxygen atoms in total. The summed E-state index contributed by atoms with van der Waals surface area (Å²) in [7, 11) is 0. The highest BCUT2D eigenvalue weighted by Gasteiger charge is 2.08. The third-order valence-electron chi connectivity index (χ3n) is 3.24. The first kappa shape index (κ1) is 12.9. The van der Waals surface area contributed by atoms with Crippen molar-refractivity contribution in [2.24, 2.45) is 0 Å². The molecule has 0 spiro atoms. The van der Waals surface area contributed by atoms with Crippen LogP contribution in [0.1, 0.15) is 25.6 Å². The Balaban J connectivity index is 2.28. The fourth-order valence-corrected chi connectivity index (χ4v) is 2.45. The standard InChI is InChI=1S/C16H15N3S/c1-10(2)16-18-14(9-15(20)19-16)12-5-3-7-13-11(12)6-4-8-17-13/h3-10H,1-2H3,(H,18,19,20). The Morgan fingerprint density at radius 2 is 2.00 bits per heavy atom. The van der Waals surface area contributed by atoms with Gasteiger partial charge in [-0.25, -0.2) is 4.98 Å². The van der Waals surface area contributed by atoms with E-state index >= 15 is 0 Å². The van der Waals surface area contributed by atoms with Crippen LogP contribution in [0, 0.1) is 4.64 Å². The molecule has 4 heteroatoms. The zero-order chi connectivity index (χ0) is 14.1. The number of nitrogens with one attached hydrogen (secondary N) is 1. The van der Waals surface area contributed by atoms with Crippen LogP contribution in [0.5, 0.6) is 0 Å². The predicted molar refractivity (Wildman–Crippen MR) is 84.2 cm³/mol. The second kappa shape index (κ2) is 5.13. The number of aromatic amines is 1. The quantitative estimate of drug-likeness (QED) is 0.704. The molecule has 0 aliphatic carbocycles. The van der Waals surface area contributed by atoms with Crippen molar-refractivity contribution < 1.29 is 0 Å². The maximum Gasteiger partial charge on any atom is 0.130 e. The van der Waals surface area contributed by atoms with Crippen LogP contribution >= 0.6 is 12.2 Å². The number of fused-ring (bicyclic) bond motifs is 1. The number of pyridine rings is 1. The van der Waals surface area contributed by atoms with E-state index in [1.165, 1.54) is 0 Å². The van der Waals surface area contributed by atoms with Crippen molar-refractivity contribution in [1.29, 1.82) is 0 Å². The Morgan fingerprint density at radius 3 is 2.80 bits per heavy atom. The number of benzene rings is 1. The van der Waals surface area contributed by atoms with Gasteiger partial charge in [-0.05, 0) is 18.2 Å². The van der Waals surface area contributed by atoms with Gasteiger partial charge in [0.25, 0.3) is 0 Å². The molecule has 1 aromatic carbocycles. The molecule has 2 aromatic heterocycles. The predicted octanol–water partition coefficient (Wildman–Crippen LogP) is 4.48. The third-order valence-corrected chi connectivity index (χ3v) is 3.45. The van der Waals surface area contributed by atoms with E-state index in [-0.39, 0.29) is 0 Å². The lowest BCUT2D eigenvalue weighted by Crippen LogP contribution is -1.99. The zero-order valence-electron chi connectivity index (χ0n) is 11.4. The van der Waals surface area contributed by atoms with Gasteiger partial charge in [0.2, 0.25) is 0 Å². The number of rotatable bonds is 2. The normalized spacial score (nSPS) is 11.2. The fourth-order valence-electron chi connectivity index (χ4n) is 2.23. The van der Waals surface area contributed by atoms with Gasteiger partial charge in [-0.2, -0.15) is 0 Å². The lowest BCUT2D eigenvalue weighted by Gasteiger charge is -2.10. The van der Waals surface area contributed by atoms with Crippen molar-refractivity contribution in [2.45, 2.75) is 19.8 Å². The molecule has 0 unspecified atom stereocenters. The van der Waals surface area contributed by atoms with Gasteiger partial charge in [-0.3, -0.25) is 4.98 Å². The second-order valence-corrected chi connectivity index (χ2v) is 5.47. The van der Waals surface area contributed by atoms with Gasteiger partial charge in [0.15, 0.2) is 0 Å². The summed E-state index contributed by atoms with van der Waals surface area (Å²) in [6.07, 6.45) is 1.81. The monoisotopic (exact) mass is 281 g/mol. The maximum atomic E-state index is 5.28. The number of nitrogens with zero attached hydrogens (tertiary/aromatic N) is 2. The molecule has 0 aliphatic heterocycles. The molecule has 0 saturated heterocycles. The summed E-state index contributed by atoms with van der Waals surface area (Å²) in [5.74, 6) is 1.22. The molecule has 1 N–H and O–H groups in total. The van der Waals surface area contributed by atoms with E-state index < -0.39 is 0 Å². The van der Waals surface area contributed by atoms with Crippen LogP contribution in [0.15, 0.2) is 42.6 Å². The summed E-state index contributed by atoms with van der Waals surface area (Å²) in [6, 6.07) is 12.0. The van der Waals surface area contributed by atoms with Crippen molar-refractivity contribution in [3.05, 3.63) is 53.1 Å². The van der Waals surface area contributed by atoms with Crippen molar-refractivity contribution in [1.82, 2.24) is 15.0 Å². The SMILES string of the molecule is CC(C)c1nc(=S)cc(-c2cccc3ncccc23)[nH]1. The minimum atomic E-state index is 0.310. The molecule has 20 heavy (non-hydrogen) atoms. The molecule has 0 amide bonds. The Labute approximate surface area is 122 Å². The first-order valence-corrected chi connectivity index (χ1v) is 7.01. The molecule has 0 bridgehead atoms. The minimum Gasteiger partial charge on any atom is -0.343 e. The molecular weight excluding hydrogens is 266 g/mol. The molecule has 0 aliphatic rings. The summed E-state index contributed by atoms with van der Waals surface area (Å²) in [4.78, 5) is 12.2. The first-order valence-electron chi connectivity index (χ1n) is 6.60. The highest BCUT2D eigenvalue weighted by molar-refractivity contribution is 7.71. The summed E-state index contributed by atoms with van der Waals surface area (Å²) >= 11 is 5.28. The smallest absolute Gasteiger partial charge is 0.130 e. The summed E-state index contributed by atoms with van der Waals surface area (Å²) in [5.41, 5.74) is 3.07. The van der Waals surface area contributed by atoms with Gasteiger partial charge in [-0.15, -0.1) is 0 Å². The molecule has 3 aromatic rings. The molecule has 0 atom stereocenters. The van der Waals surface area contributed by atoms with Crippen molar-refractivity contribution in [3.8, 4) is 11.3 Å². The minimum absolute atomic E-state index is 0.310. The topological polar surface area (TPSA) is 41.6 Å². The van der Waals surface area contributed by atoms with Crippen LogP contribution in [-0.2, 0) is 0 Å². The van der Waals surface area contributed by atoms with Gasteiger partial charge >= 0.3 is 0 Å². The molecule has 0 fully saturated rings. The van der Waals surface area contributed by atoms with E-state index in [1.807, 2.05) is 24.3 Å². The van der Waals surface area contributed by atoms with E-state index in [2.05, 4.69) is 40.9 Å². The summed E-state index contributed by atoms with van der Waals surface area (Å²) in [6.45, 7) is 4.20. The molecule has 0 radical (unpaired) electrons. The Hall–Kier alpha value is -2.07. The van der Waals surface area contributed by atoms with E-state index in [1.54, 1.807) is 6.20 Å². The van der Waals surface area contributed by atoms with Gasteiger partial charge in [0.1, 0.15) is 10.5 Å². The number of H-pyrrole nitrogens is 1. The zero-order valence-corrected chi connectivity index (χ0v) is 12.2. The largest absolute Gasteiger partial charge is 0.343 e. The molecule has 0 saturated carbocycles. The first-order chi connectivity index (χ1) is 9.65. The van der Waals surface area contributed by atoms with Crippen molar-refractivity contribution in [3.63, 3.8) is 0 Å². The average molecular weight is 281 g/mol. The maximum absolute atomic E-state index is 5.28. The van der Waals surface area contributed by atoms with Crippen LogP contribution in [-0.4, -0.2) is 15.0 Å². The van der Waals surface area contributed by atoms with Gasteiger partial charge < -0.3 is 4.98 Å². The van der Waals surface area contributed by atoms with E-state index in [0.717, 1.165) is 28.0 Å². The van der Waals surface area contributed by atoms with Gasteiger partial charge in [0, 0.05) is 23.1 Å². The van der Waals surface area contributed by atoms with Crippen molar-refractivity contribution in [2.75, 3.05) is 0 Å². The third kappa shape index (κ3) is 2.34. The lowest BCUT2D eigenvalue weighted by molar-refractivity contribution is 0.773. The van der Waals surface area contributed by atoms with Crippen LogP contribution < -0.4 is 0 Å². The van der Waals surface area contributed by atoms with E-state index in [0.29, 0.717) is 10.6 Å². The summed E-state index contributed by atoms with van der Waals surface area (Å²) < 4.78 is 0.614. The second-order valence-electron chi connectivity index (χ2n) is 5.05. The average Bonchev–Trinajstić information content (AvgIpc) is 2.46. The highest BCUT2D eigenvalue weighted by atomic mass is 32.1. The molecule has 100 valence electrons. The van der Waals surface area contributed by atoms with E-state index in [4.69, 9.17) is 12.2 Å². The summed E-state index contributed by atoms with van der Waals surface area (Å²) in [5, 5.41) is 1.11. The van der Waals surface area contributed by atoms with Gasteiger partial charge in [-0.1, -0.05) is 44.3 Å². The Morgan fingerprint density at radius 1 is 1.15 bits per heavy atom. The highest BCUT2D eigenvalue weighted by Crippen LogP contribution is 2.26. The number of hydrogen-bond acceptors (Lipinski definition) is 3. The van der Waals surface area contributed by atoms with Crippen LogP contribution in [0.3, 0.4) is 0 Å². The number of hydrogen-bond donors (Lipinski definition) is 1. The number of aromatic nitrogens is 3. The van der Waals surface area contributed by atoms with Crippen molar-refractivity contribution >= 4 is 23.1 Å².